The number of likely N-dealkylation sites (N-methyl/N-ethyl adjacent to an activating group) is 1. The van der Waals surface area contributed by atoms with Gasteiger partial charge in [-0.3, -0.25) is 9.59 Å². The van der Waals surface area contributed by atoms with Gasteiger partial charge in [-0.2, -0.15) is 0 Å². The van der Waals surface area contributed by atoms with Crippen molar-refractivity contribution in [2.75, 3.05) is 20.2 Å². The highest BCUT2D eigenvalue weighted by Gasteiger charge is 2.35. The van der Waals surface area contributed by atoms with Gasteiger partial charge < -0.3 is 19.5 Å². The first-order chi connectivity index (χ1) is 13.9. The van der Waals surface area contributed by atoms with Crippen LogP contribution < -0.4 is 5.32 Å². The zero-order valence-corrected chi connectivity index (χ0v) is 20.0. The van der Waals surface area contributed by atoms with Gasteiger partial charge in [-0.05, 0) is 31.4 Å². The molecule has 0 aliphatic heterocycles. The molecule has 0 spiro atoms. The van der Waals surface area contributed by atoms with Crippen LogP contribution in [0.15, 0.2) is 30.0 Å². The van der Waals surface area contributed by atoms with Crippen molar-refractivity contribution in [1.82, 2.24) is 14.8 Å². The van der Waals surface area contributed by atoms with Gasteiger partial charge in [0.1, 0.15) is 11.7 Å². The molecule has 1 atom stereocenters. The molecule has 7 heteroatoms. The second-order valence-electron chi connectivity index (χ2n) is 8.31. The molecule has 0 aromatic carbocycles. The van der Waals surface area contributed by atoms with Crippen molar-refractivity contribution in [2.45, 2.75) is 60.9 Å². The zero-order valence-electron chi connectivity index (χ0n) is 20.0. The Bertz CT molecular complexity index is 729. The highest BCUT2D eigenvalue weighted by atomic mass is 16.5. The van der Waals surface area contributed by atoms with Crippen molar-refractivity contribution >= 4 is 17.8 Å². The van der Waals surface area contributed by atoms with Crippen LogP contribution in [-0.2, 0) is 21.4 Å². The van der Waals surface area contributed by atoms with E-state index in [1.807, 2.05) is 20.8 Å². The molecular weight excluding hydrogens is 382 g/mol. The maximum absolute atomic E-state index is 12.9. The average molecular weight is 422 g/mol. The maximum Gasteiger partial charge on any atom is 0.333 e. The van der Waals surface area contributed by atoms with Crippen molar-refractivity contribution in [2.24, 2.45) is 12.5 Å². The lowest BCUT2D eigenvalue weighted by Crippen LogP contribution is -2.54. The second-order valence-corrected chi connectivity index (χ2v) is 8.31. The molecule has 0 aliphatic rings. The first kappa shape index (κ1) is 27.4. The lowest BCUT2D eigenvalue weighted by molar-refractivity contribution is -0.138. The number of carbonyl (C=O) groups excluding carboxylic acids is 3. The molecule has 2 amide bonds. The molecule has 0 radical (unpaired) electrons. The molecule has 1 rings (SSSR count). The van der Waals surface area contributed by atoms with Crippen LogP contribution in [0.1, 0.15) is 65.4 Å². The predicted octanol–water partition coefficient (Wildman–Crippen LogP) is 3.55. The van der Waals surface area contributed by atoms with E-state index in [2.05, 4.69) is 19.2 Å². The maximum atomic E-state index is 12.9. The van der Waals surface area contributed by atoms with E-state index < -0.39 is 17.4 Å². The van der Waals surface area contributed by atoms with Gasteiger partial charge in [-0.15, -0.1) is 0 Å². The van der Waals surface area contributed by atoms with E-state index in [1.165, 1.54) is 11.3 Å². The standard InChI is InChI=1S/C20H31N3O4.C3H8/c1-8-27-19(26)14(2)11-13-23(7)18(25)16(20(3,4)5)21-17(24)15-10-9-12-22(15)6;1-3-2/h9-12,16H,8,13H2,1-7H3,(H,21,24);3H2,1-2H3/b14-11+;. The SMILES string of the molecule is CCC.CCOC(=O)/C(C)=C/CN(C)C(=O)C(NC(=O)c1cccn1C)C(C)(C)C. The quantitative estimate of drug-likeness (QED) is 0.539. The molecule has 0 fully saturated rings. The summed E-state index contributed by atoms with van der Waals surface area (Å²) in [6.45, 7) is 13.9. The van der Waals surface area contributed by atoms with Crippen molar-refractivity contribution in [3.8, 4) is 0 Å². The molecule has 0 aliphatic carbocycles. The van der Waals surface area contributed by atoms with Crippen LogP contribution in [0.25, 0.3) is 0 Å². The minimum atomic E-state index is -0.707. The van der Waals surface area contributed by atoms with Gasteiger partial charge in [0, 0.05) is 32.4 Å². The Kier molecular flexibility index (Phi) is 11.8. The number of hydrogen-bond acceptors (Lipinski definition) is 4. The van der Waals surface area contributed by atoms with Crippen LogP contribution in [-0.4, -0.2) is 53.5 Å². The summed E-state index contributed by atoms with van der Waals surface area (Å²) in [4.78, 5) is 38.7. The fourth-order valence-electron chi connectivity index (χ4n) is 2.46. The summed E-state index contributed by atoms with van der Waals surface area (Å²) in [5, 5.41) is 2.85. The van der Waals surface area contributed by atoms with Gasteiger partial charge in [0.15, 0.2) is 0 Å². The predicted molar refractivity (Wildman–Crippen MR) is 120 cm³/mol. The minimum absolute atomic E-state index is 0.224. The molecule has 7 nitrogen and oxygen atoms in total. The summed E-state index contributed by atoms with van der Waals surface area (Å²) in [6.07, 6.45) is 4.67. The lowest BCUT2D eigenvalue weighted by Gasteiger charge is -2.33. The molecule has 30 heavy (non-hydrogen) atoms. The summed E-state index contributed by atoms with van der Waals surface area (Å²) >= 11 is 0. The summed E-state index contributed by atoms with van der Waals surface area (Å²) < 4.78 is 6.64. The van der Waals surface area contributed by atoms with Gasteiger partial charge in [0.05, 0.1) is 6.61 Å². The number of carbonyl (C=O) groups is 3. The molecule has 1 aromatic heterocycles. The number of amides is 2. The number of esters is 1. The van der Waals surface area contributed by atoms with E-state index in [-0.39, 0.29) is 18.4 Å². The van der Waals surface area contributed by atoms with Crippen molar-refractivity contribution < 1.29 is 19.1 Å². The summed E-state index contributed by atoms with van der Waals surface area (Å²) in [5.74, 6) is -0.928. The second kappa shape index (κ2) is 12.9. The fourth-order valence-corrected chi connectivity index (χ4v) is 2.46. The number of aryl methyl sites for hydroxylation is 1. The molecular formula is C23H39N3O4. The number of hydrogen-bond donors (Lipinski definition) is 1. The number of nitrogens with one attached hydrogen (secondary N) is 1. The van der Waals surface area contributed by atoms with Crippen LogP contribution >= 0.6 is 0 Å². The average Bonchev–Trinajstić information content (AvgIpc) is 3.09. The molecule has 170 valence electrons. The fraction of sp³-hybridized carbons (Fsp3) is 0.609. The van der Waals surface area contributed by atoms with E-state index in [4.69, 9.17) is 4.74 Å². The van der Waals surface area contributed by atoms with Crippen molar-refractivity contribution in [1.29, 1.82) is 0 Å². The van der Waals surface area contributed by atoms with Gasteiger partial charge in [-0.25, -0.2) is 4.79 Å². The highest BCUT2D eigenvalue weighted by Crippen LogP contribution is 2.21. The highest BCUT2D eigenvalue weighted by molar-refractivity contribution is 5.96. The first-order valence-corrected chi connectivity index (χ1v) is 10.4. The van der Waals surface area contributed by atoms with E-state index >= 15 is 0 Å². The third kappa shape index (κ3) is 8.84. The Balaban J connectivity index is 0.00000263. The number of ether oxygens (including phenoxy) is 1. The smallest absolute Gasteiger partial charge is 0.333 e. The van der Waals surface area contributed by atoms with Crippen molar-refractivity contribution in [3.05, 3.63) is 35.7 Å². The largest absolute Gasteiger partial charge is 0.463 e. The van der Waals surface area contributed by atoms with Crippen LogP contribution in [0.2, 0.25) is 0 Å². The van der Waals surface area contributed by atoms with E-state index in [9.17, 15) is 14.4 Å². The Labute approximate surface area is 181 Å². The summed E-state index contributed by atoms with van der Waals surface area (Å²) in [7, 11) is 3.42. The normalized spacial score (nSPS) is 12.4. The molecule has 1 unspecified atom stereocenters. The number of nitrogens with zero attached hydrogens (tertiary/aromatic N) is 2. The van der Waals surface area contributed by atoms with Gasteiger partial charge in [0.2, 0.25) is 5.91 Å². The Morgan fingerprint density at radius 3 is 2.23 bits per heavy atom. The Morgan fingerprint density at radius 2 is 1.80 bits per heavy atom. The van der Waals surface area contributed by atoms with Crippen LogP contribution in [0.4, 0.5) is 0 Å². The number of rotatable bonds is 7. The third-order valence-electron chi connectivity index (χ3n) is 4.21. The molecule has 1 heterocycles. The number of aromatic nitrogens is 1. The summed E-state index contributed by atoms with van der Waals surface area (Å²) in [5.41, 5.74) is 0.445. The first-order valence-electron chi connectivity index (χ1n) is 10.4. The topological polar surface area (TPSA) is 80.6 Å². The van der Waals surface area contributed by atoms with Crippen molar-refractivity contribution in [3.63, 3.8) is 0 Å². The third-order valence-corrected chi connectivity index (χ3v) is 4.21. The molecule has 0 bridgehead atoms. The van der Waals surface area contributed by atoms with E-state index in [0.717, 1.165) is 0 Å². The monoisotopic (exact) mass is 421 g/mol. The molecule has 0 saturated heterocycles. The van der Waals surface area contributed by atoms with Crippen LogP contribution in [0.5, 0.6) is 0 Å². The Morgan fingerprint density at radius 1 is 1.23 bits per heavy atom. The van der Waals surface area contributed by atoms with Crippen LogP contribution in [0.3, 0.4) is 0 Å². The minimum Gasteiger partial charge on any atom is -0.463 e. The van der Waals surface area contributed by atoms with Gasteiger partial charge in [-0.1, -0.05) is 47.1 Å². The van der Waals surface area contributed by atoms with Crippen LogP contribution in [0, 0.1) is 5.41 Å². The molecule has 1 aromatic rings. The Hall–Kier alpha value is -2.57. The lowest BCUT2D eigenvalue weighted by atomic mass is 9.85. The zero-order chi connectivity index (χ0) is 23.5. The van der Waals surface area contributed by atoms with Gasteiger partial charge >= 0.3 is 5.97 Å². The molecule has 0 saturated carbocycles. The summed E-state index contributed by atoms with van der Waals surface area (Å²) in [6, 6.07) is 2.77. The van der Waals surface area contributed by atoms with Gasteiger partial charge in [0.25, 0.3) is 5.91 Å². The van der Waals surface area contributed by atoms with E-state index in [1.54, 1.807) is 56.9 Å². The van der Waals surface area contributed by atoms with E-state index in [0.29, 0.717) is 17.9 Å². The molecule has 1 N–H and O–H groups in total.